The molecule has 4 aromatic rings. The van der Waals surface area contributed by atoms with E-state index in [0.717, 1.165) is 40.7 Å². The SMILES string of the molecule is c1cnc2c(-c3cnc4nc(N5CCC(N6CCCCC6)CC5)oc4c3)cccc2c1. The van der Waals surface area contributed by atoms with Gasteiger partial charge < -0.3 is 14.2 Å². The molecule has 0 bridgehead atoms. The molecule has 0 spiro atoms. The molecule has 2 saturated heterocycles. The minimum Gasteiger partial charge on any atom is -0.422 e. The molecular formula is C25H27N5O. The van der Waals surface area contributed by atoms with Gasteiger partial charge in [-0.3, -0.25) is 4.98 Å². The zero-order chi connectivity index (χ0) is 20.6. The lowest BCUT2D eigenvalue weighted by atomic mass is 10.0. The minimum absolute atomic E-state index is 0.671. The van der Waals surface area contributed by atoms with E-state index in [1.165, 1.54) is 45.2 Å². The van der Waals surface area contributed by atoms with Crippen molar-refractivity contribution in [3.05, 3.63) is 48.8 Å². The number of anilines is 1. The van der Waals surface area contributed by atoms with Gasteiger partial charge in [-0.25, -0.2) is 4.98 Å². The molecule has 6 heteroatoms. The van der Waals surface area contributed by atoms with E-state index in [9.17, 15) is 0 Å². The zero-order valence-electron chi connectivity index (χ0n) is 17.7. The first-order chi connectivity index (χ1) is 15.3. The molecule has 0 amide bonds. The summed E-state index contributed by atoms with van der Waals surface area (Å²) in [4.78, 5) is 18.8. The molecule has 0 radical (unpaired) electrons. The normalized spacial score (nSPS) is 18.8. The molecule has 5 heterocycles. The molecule has 2 aliphatic rings. The Bertz CT molecular complexity index is 1200. The van der Waals surface area contributed by atoms with Crippen LogP contribution >= 0.6 is 0 Å². The molecule has 3 aromatic heterocycles. The van der Waals surface area contributed by atoms with Crippen molar-refractivity contribution in [2.24, 2.45) is 0 Å². The summed E-state index contributed by atoms with van der Waals surface area (Å²) in [5.74, 6) is 0. The van der Waals surface area contributed by atoms with Gasteiger partial charge in [-0.2, -0.15) is 4.98 Å². The van der Waals surface area contributed by atoms with Gasteiger partial charge in [-0.15, -0.1) is 0 Å². The number of rotatable bonds is 3. The zero-order valence-corrected chi connectivity index (χ0v) is 17.7. The number of likely N-dealkylation sites (tertiary alicyclic amines) is 1. The smallest absolute Gasteiger partial charge is 0.299 e. The highest BCUT2D eigenvalue weighted by atomic mass is 16.4. The molecule has 0 saturated carbocycles. The van der Waals surface area contributed by atoms with E-state index >= 15 is 0 Å². The highest BCUT2D eigenvalue weighted by Crippen LogP contribution is 2.31. The number of fused-ring (bicyclic) bond motifs is 2. The van der Waals surface area contributed by atoms with E-state index < -0.39 is 0 Å². The maximum Gasteiger partial charge on any atom is 0.299 e. The summed E-state index contributed by atoms with van der Waals surface area (Å²) < 4.78 is 6.18. The lowest BCUT2D eigenvalue weighted by molar-refractivity contribution is 0.140. The highest BCUT2D eigenvalue weighted by molar-refractivity contribution is 5.94. The third kappa shape index (κ3) is 3.55. The first-order valence-electron chi connectivity index (χ1n) is 11.4. The van der Waals surface area contributed by atoms with E-state index in [4.69, 9.17) is 4.42 Å². The van der Waals surface area contributed by atoms with Crippen LogP contribution in [0.4, 0.5) is 6.01 Å². The lowest BCUT2D eigenvalue weighted by Crippen LogP contribution is -2.46. The summed E-state index contributed by atoms with van der Waals surface area (Å²) in [7, 11) is 0. The Morgan fingerprint density at radius 2 is 1.74 bits per heavy atom. The van der Waals surface area contributed by atoms with Crippen LogP contribution in [-0.4, -0.2) is 52.1 Å². The first kappa shape index (κ1) is 18.8. The van der Waals surface area contributed by atoms with E-state index in [-0.39, 0.29) is 0 Å². The fraction of sp³-hybridized carbons (Fsp3) is 0.400. The average Bonchev–Trinajstić information content (AvgIpc) is 3.28. The van der Waals surface area contributed by atoms with Crippen molar-refractivity contribution in [2.45, 2.75) is 38.1 Å². The second-order valence-electron chi connectivity index (χ2n) is 8.74. The Morgan fingerprint density at radius 3 is 2.61 bits per heavy atom. The molecule has 158 valence electrons. The second-order valence-corrected chi connectivity index (χ2v) is 8.74. The predicted molar refractivity (Wildman–Crippen MR) is 123 cm³/mol. The third-order valence-electron chi connectivity index (χ3n) is 6.82. The van der Waals surface area contributed by atoms with E-state index in [2.05, 4.69) is 49.0 Å². The molecule has 0 N–H and O–H groups in total. The van der Waals surface area contributed by atoms with Crippen molar-refractivity contribution in [1.29, 1.82) is 0 Å². The van der Waals surface area contributed by atoms with Gasteiger partial charge in [0.15, 0.2) is 5.58 Å². The van der Waals surface area contributed by atoms with Gasteiger partial charge in [0.1, 0.15) is 0 Å². The Hall–Kier alpha value is -2.99. The van der Waals surface area contributed by atoms with Crippen LogP contribution in [0.5, 0.6) is 0 Å². The van der Waals surface area contributed by atoms with Gasteiger partial charge in [-0.05, 0) is 50.9 Å². The monoisotopic (exact) mass is 413 g/mol. The molecule has 2 aliphatic heterocycles. The molecule has 2 fully saturated rings. The summed E-state index contributed by atoms with van der Waals surface area (Å²) in [6.07, 6.45) is 10.2. The molecule has 6 rings (SSSR count). The summed E-state index contributed by atoms with van der Waals surface area (Å²) in [6.45, 7) is 4.52. The Morgan fingerprint density at radius 1 is 0.903 bits per heavy atom. The summed E-state index contributed by atoms with van der Waals surface area (Å²) in [6, 6.07) is 13.7. The van der Waals surface area contributed by atoms with Crippen molar-refractivity contribution in [3.63, 3.8) is 0 Å². The van der Waals surface area contributed by atoms with Gasteiger partial charge >= 0.3 is 0 Å². The molecule has 6 nitrogen and oxygen atoms in total. The number of piperidine rings is 2. The minimum atomic E-state index is 0.671. The number of pyridine rings is 2. The van der Waals surface area contributed by atoms with Crippen molar-refractivity contribution in [3.8, 4) is 11.1 Å². The number of nitrogens with zero attached hydrogens (tertiary/aromatic N) is 5. The van der Waals surface area contributed by atoms with E-state index in [1.807, 2.05) is 24.5 Å². The Balaban J connectivity index is 1.24. The number of aromatic nitrogens is 3. The molecular weight excluding hydrogens is 386 g/mol. The fourth-order valence-corrected chi connectivity index (χ4v) is 5.13. The van der Waals surface area contributed by atoms with Crippen LogP contribution in [0.25, 0.3) is 33.3 Å². The third-order valence-corrected chi connectivity index (χ3v) is 6.82. The molecule has 0 unspecified atom stereocenters. The summed E-state index contributed by atoms with van der Waals surface area (Å²) in [5.41, 5.74) is 4.45. The maximum absolute atomic E-state index is 6.18. The van der Waals surface area contributed by atoms with Crippen LogP contribution in [0, 0.1) is 0 Å². The average molecular weight is 414 g/mol. The van der Waals surface area contributed by atoms with Crippen molar-refractivity contribution in [2.75, 3.05) is 31.1 Å². The summed E-state index contributed by atoms with van der Waals surface area (Å²) in [5, 5.41) is 1.12. The number of benzene rings is 1. The molecule has 0 aliphatic carbocycles. The largest absolute Gasteiger partial charge is 0.422 e. The quantitative estimate of drug-likeness (QED) is 0.476. The van der Waals surface area contributed by atoms with E-state index in [1.54, 1.807) is 0 Å². The van der Waals surface area contributed by atoms with Crippen LogP contribution in [-0.2, 0) is 0 Å². The van der Waals surface area contributed by atoms with Gasteiger partial charge in [0.2, 0.25) is 5.65 Å². The second kappa shape index (κ2) is 7.93. The first-order valence-corrected chi connectivity index (χ1v) is 11.4. The topological polar surface area (TPSA) is 58.3 Å². The van der Waals surface area contributed by atoms with Crippen LogP contribution in [0.1, 0.15) is 32.1 Å². The molecule has 0 atom stereocenters. The van der Waals surface area contributed by atoms with Gasteiger partial charge in [0, 0.05) is 48.0 Å². The van der Waals surface area contributed by atoms with Gasteiger partial charge in [0.25, 0.3) is 6.01 Å². The predicted octanol–water partition coefficient (Wildman–Crippen LogP) is 4.89. The van der Waals surface area contributed by atoms with E-state index in [0.29, 0.717) is 17.7 Å². The van der Waals surface area contributed by atoms with Crippen molar-refractivity contribution in [1.82, 2.24) is 19.9 Å². The van der Waals surface area contributed by atoms with Crippen LogP contribution in [0.3, 0.4) is 0 Å². The number of hydrogen-bond donors (Lipinski definition) is 0. The van der Waals surface area contributed by atoms with Crippen LogP contribution in [0.2, 0.25) is 0 Å². The standard InChI is InChI=1S/C25H27N5O/c1-2-12-29(13-3-1)20-9-14-30(15-10-20)25-28-24-22(31-25)16-19(17-27-24)21-8-4-6-18-7-5-11-26-23(18)21/h4-8,11,16-17,20H,1-3,9-10,12-15H2. The Kier molecular flexibility index (Phi) is 4.80. The van der Waals surface area contributed by atoms with Crippen molar-refractivity contribution < 1.29 is 4.42 Å². The molecule has 31 heavy (non-hydrogen) atoms. The van der Waals surface area contributed by atoms with Gasteiger partial charge in [0.05, 0.1) is 5.52 Å². The summed E-state index contributed by atoms with van der Waals surface area (Å²) >= 11 is 0. The highest BCUT2D eigenvalue weighted by Gasteiger charge is 2.27. The van der Waals surface area contributed by atoms with Crippen molar-refractivity contribution >= 4 is 28.1 Å². The van der Waals surface area contributed by atoms with Crippen LogP contribution < -0.4 is 4.90 Å². The molecule has 1 aromatic carbocycles. The van der Waals surface area contributed by atoms with Gasteiger partial charge in [-0.1, -0.05) is 30.7 Å². The van der Waals surface area contributed by atoms with Crippen LogP contribution in [0.15, 0.2) is 53.2 Å². The number of oxazole rings is 1. The number of para-hydroxylation sites is 1. The Labute approximate surface area is 181 Å². The number of hydrogen-bond acceptors (Lipinski definition) is 6. The fourth-order valence-electron chi connectivity index (χ4n) is 5.13. The maximum atomic E-state index is 6.18. The lowest BCUT2D eigenvalue weighted by Gasteiger charge is -2.39.